The number of rotatable bonds is 7. The molecule has 4 rings (SSSR count). The monoisotopic (exact) mass is 425 g/mol. The van der Waals surface area contributed by atoms with E-state index in [1.807, 2.05) is 18.2 Å². The lowest BCUT2D eigenvalue weighted by molar-refractivity contribution is 0.601. The van der Waals surface area contributed by atoms with Crippen LogP contribution in [0.1, 0.15) is 19.0 Å². The summed E-state index contributed by atoms with van der Waals surface area (Å²) in [7, 11) is -3.61. The summed E-state index contributed by atoms with van der Waals surface area (Å²) in [6.45, 7) is 2.11. The highest BCUT2D eigenvalue weighted by Crippen LogP contribution is 2.29. The summed E-state index contributed by atoms with van der Waals surface area (Å²) in [5.41, 5.74) is 1.48. The fourth-order valence-electron chi connectivity index (χ4n) is 2.81. The van der Waals surface area contributed by atoms with Crippen LogP contribution in [0.4, 0.5) is 5.69 Å². The Balaban J connectivity index is 1.55. The van der Waals surface area contributed by atoms with E-state index in [1.54, 1.807) is 47.0 Å². The minimum atomic E-state index is -3.61. The number of hydrogen-bond donors (Lipinski definition) is 1. The van der Waals surface area contributed by atoms with Crippen molar-refractivity contribution in [3.8, 4) is 0 Å². The number of hydrogen-bond acceptors (Lipinski definition) is 6. The molecule has 4 aromatic rings. The molecule has 0 aliphatic rings. The van der Waals surface area contributed by atoms with Gasteiger partial charge in [0, 0.05) is 16.3 Å². The van der Waals surface area contributed by atoms with E-state index < -0.39 is 10.0 Å². The number of aromatic nitrogens is 4. The van der Waals surface area contributed by atoms with Gasteiger partial charge in [-0.05, 0) is 48.9 Å². The van der Waals surface area contributed by atoms with Crippen LogP contribution in [0.3, 0.4) is 0 Å². The third kappa shape index (κ3) is 4.41. The number of nitrogens with zero attached hydrogens (tertiary/aromatic N) is 4. The number of fused-ring (bicyclic) bond motifs is 1. The van der Waals surface area contributed by atoms with Crippen molar-refractivity contribution in [2.75, 3.05) is 4.72 Å². The van der Waals surface area contributed by atoms with Crippen molar-refractivity contribution in [1.82, 2.24) is 19.6 Å². The molecule has 0 amide bonds. The molecule has 0 radical (unpaired) electrons. The largest absolute Gasteiger partial charge is 0.280 e. The van der Waals surface area contributed by atoms with Gasteiger partial charge in [0.15, 0.2) is 0 Å². The molecule has 9 heteroatoms. The van der Waals surface area contributed by atoms with Crippen molar-refractivity contribution in [3.05, 3.63) is 72.7 Å². The minimum absolute atomic E-state index is 0.229. The molecular formula is C20H19N5O2S2. The molecular weight excluding hydrogens is 406 g/mol. The molecule has 29 heavy (non-hydrogen) atoms. The number of aryl methyl sites for hydroxylation is 1. The second-order valence-corrected chi connectivity index (χ2v) is 9.13. The van der Waals surface area contributed by atoms with Crippen LogP contribution in [0, 0.1) is 0 Å². The highest BCUT2D eigenvalue weighted by Gasteiger charge is 2.14. The van der Waals surface area contributed by atoms with Gasteiger partial charge < -0.3 is 0 Å². The van der Waals surface area contributed by atoms with Crippen molar-refractivity contribution in [3.63, 3.8) is 0 Å². The van der Waals surface area contributed by atoms with Gasteiger partial charge in [-0.1, -0.05) is 43.3 Å². The normalized spacial score (nSPS) is 11.6. The van der Waals surface area contributed by atoms with Gasteiger partial charge in [0.25, 0.3) is 15.8 Å². The predicted molar refractivity (Wildman–Crippen MR) is 113 cm³/mol. The smallest absolute Gasteiger partial charge is 0.261 e. The van der Waals surface area contributed by atoms with Crippen molar-refractivity contribution < 1.29 is 8.42 Å². The Hall–Kier alpha value is -2.91. The van der Waals surface area contributed by atoms with Crippen LogP contribution in [0.25, 0.3) is 5.78 Å². The van der Waals surface area contributed by atoms with Crippen LogP contribution in [-0.2, 0) is 16.4 Å². The molecule has 0 saturated carbocycles. The third-order valence-electron chi connectivity index (χ3n) is 4.16. The second-order valence-electron chi connectivity index (χ2n) is 6.35. The van der Waals surface area contributed by atoms with Gasteiger partial charge in [0.1, 0.15) is 11.4 Å². The molecule has 0 spiro atoms. The Morgan fingerprint density at radius 3 is 2.55 bits per heavy atom. The maximum atomic E-state index is 12.5. The highest BCUT2D eigenvalue weighted by atomic mass is 32.2. The molecule has 0 fully saturated rings. The summed E-state index contributed by atoms with van der Waals surface area (Å²) in [4.78, 5) is 9.89. The molecule has 2 heterocycles. The summed E-state index contributed by atoms with van der Waals surface area (Å²) in [6.07, 6.45) is 3.36. The van der Waals surface area contributed by atoms with Gasteiger partial charge in [-0.15, -0.1) is 0 Å². The summed E-state index contributed by atoms with van der Waals surface area (Å²) in [6, 6.07) is 17.5. The zero-order valence-electron chi connectivity index (χ0n) is 15.7. The van der Waals surface area contributed by atoms with Crippen molar-refractivity contribution in [2.24, 2.45) is 0 Å². The number of anilines is 1. The van der Waals surface area contributed by atoms with Gasteiger partial charge in [-0.3, -0.25) is 4.72 Å². The van der Waals surface area contributed by atoms with Gasteiger partial charge in [-0.25, -0.2) is 13.4 Å². The van der Waals surface area contributed by atoms with Gasteiger partial charge >= 0.3 is 0 Å². The predicted octanol–water partition coefficient (Wildman–Crippen LogP) is 4.03. The summed E-state index contributed by atoms with van der Waals surface area (Å²) in [5, 5.41) is 5.16. The Kier molecular flexibility index (Phi) is 5.50. The maximum Gasteiger partial charge on any atom is 0.261 e. The Morgan fingerprint density at radius 2 is 1.83 bits per heavy atom. The van der Waals surface area contributed by atoms with Crippen molar-refractivity contribution >= 4 is 33.3 Å². The lowest BCUT2D eigenvalue weighted by atomic mass is 10.2. The lowest BCUT2D eigenvalue weighted by Crippen LogP contribution is -2.12. The average Bonchev–Trinajstić information content (AvgIpc) is 3.19. The molecule has 0 aliphatic heterocycles. The maximum absolute atomic E-state index is 12.5. The fraction of sp³-hybridized carbons (Fsp3) is 0.150. The van der Waals surface area contributed by atoms with Crippen molar-refractivity contribution in [1.29, 1.82) is 0 Å². The number of nitrogens with one attached hydrogen (secondary N) is 1. The van der Waals surface area contributed by atoms with E-state index in [4.69, 9.17) is 0 Å². The molecule has 0 saturated heterocycles. The first-order valence-electron chi connectivity index (χ1n) is 9.10. The zero-order valence-corrected chi connectivity index (χ0v) is 17.3. The molecule has 0 bridgehead atoms. The summed E-state index contributed by atoms with van der Waals surface area (Å²) >= 11 is 1.53. The van der Waals surface area contributed by atoms with Crippen molar-refractivity contribution in [2.45, 2.75) is 34.6 Å². The fourth-order valence-corrected chi connectivity index (χ4v) is 4.82. The van der Waals surface area contributed by atoms with Crippen LogP contribution in [0.2, 0.25) is 0 Å². The van der Waals surface area contributed by atoms with E-state index in [0.717, 1.165) is 28.5 Å². The van der Waals surface area contributed by atoms with Crippen LogP contribution < -0.4 is 4.72 Å². The zero-order chi connectivity index (χ0) is 20.3. The van der Waals surface area contributed by atoms with Crippen LogP contribution in [0.15, 0.2) is 81.8 Å². The first kappa shape index (κ1) is 19.4. The summed E-state index contributed by atoms with van der Waals surface area (Å²) in [5.74, 6) is 0.575. The average molecular weight is 426 g/mol. The second kappa shape index (κ2) is 8.22. The SMILES string of the molecule is CCCc1cc(Sc2ccc(NS(=O)(=O)c3ccccc3)cc2)n2ncnc2n1. The van der Waals surface area contributed by atoms with Crippen LogP contribution >= 0.6 is 11.8 Å². The van der Waals surface area contributed by atoms with E-state index in [2.05, 4.69) is 26.7 Å². The molecule has 148 valence electrons. The summed E-state index contributed by atoms with van der Waals surface area (Å²) < 4.78 is 29.2. The highest BCUT2D eigenvalue weighted by molar-refractivity contribution is 7.99. The third-order valence-corrected chi connectivity index (χ3v) is 6.57. The Morgan fingerprint density at radius 1 is 1.07 bits per heavy atom. The standard InChI is InChI=1S/C20H19N5O2S2/c1-2-6-16-13-19(25-20(23-16)21-14-22-25)28-17-11-9-15(10-12-17)24-29(26,27)18-7-4-3-5-8-18/h3-5,7-14,24H,2,6H2,1H3. The Bertz CT molecular complexity index is 1220. The van der Waals surface area contributed by atoms with Crippen LogP contribution in [-0.4, -0.2) is 28.0 Å². The lowest BCUT2D eigenvalue weighted by Gasteiger charge is -2.09. The van der Waals surface area contributed by atoms with Gasteiger partial charge in [0.05, 0.1) is 4.90 Å². The number of benzene rings is 2. The molecule has 0 atom stereocenters. The van der Waals surface area contributed by atoms with Gasteiger partial charge in [0.2, 0.25) is 0 Å². The first-order chi connectivity index (χ1) is 14.0. The molecule has 1 N–H and O–H groups in total. The van der Waals surface area contributed by atoms with Crippen LogP contribution in [0.5, 0.6) is 0 Å². The van der Waals surface area contributed by atoms with E-state index >= 15 is 0 Å². The van der Waals surface area contributed by atoms with E-state index in [1.165, 1.54) is 18.1 Å². The van der Waals surface area contributed by atoms with E-state index in [0.29, 0.717) is 11.5 Å². The minimum Gasteiger partial charge on any atom is -0.280 e. The molecule has 2 aromatic carbocycles. The van der Waals surface area contributed by atoms with Gasteiger partial charge in [-0.2, -0.15) is 14.6 Å². The topological polar surface area (TPSA) is 89.2 Å². The molecule has 0 aliphatic carbocycles. The van der Waals surface area contributed by atoms with E-state index in [-0.39, 0.29) is 4.90 Å². The van der Waals surface area contributed by atoms with E-state index in [9.17, 15) is 8.42 Å². The number of sulfonamides is 1. The first-order valence-corrected chi connectivity index (χ1v) is 11.4. The quantitative estimate of drug-likeness (QED) is 0.450. The Labute approximate surface area is 173 Å². The molecule has 0 unspecified atom stereocenters. The molecule has 7 nitrogen and oxygen atoms in total. The molecule has 2 aromatic heterocycles.